The number of nitrogens with zero attached hydrogens (tertiary/aromatic N) is 3. The Balaban J connectivity index is 1.50. The number of carbonyl (C=O) groups is 1. The zero-order valence-electron chi connectivity index (χ0n) is 13.5. The molecule has 3 aliphatic rings. The fourth-order valence-corrected chi connectivity index (χ4v) is 3.84. The average Bonchev–Trinajstić information content (AvgIpc) is 3.12. The van der Waals surface area contributed by atoms with E-state index in [1.165, 1.54) is 6.42 Å². The maximum atomic E-state index is 12.5. The van der Waals surface area contributed by atoms with Crippen LogP contribution in [0.3, 0.4) is 0 Å². The molecule has 0 aliphatic carbocycles. The molecule has 3 fully saturated rings. The Hall–Kier alpha value is -0.650. The SMILES string of the molecule is CN(C)CCN1CC[C@@H]2C[C@@H](C(=O)N3CCCC3)O[C@H]2C1. The lowest BCUT2D eigenvalue weighted by Gasteiger charge is -2.34. The number of rotatable bonds is 4. The maximum absolute atomic E-state index is 12.5. The Bertz CT molecular complexity index is 369. The highest BCUT2D eigenvalue weighted by Gasteiger charge is 2.43. The van der Waals surface area contributed by atoms with Crippen molar-refractivity contribution in [3.8, 4) is 0 Å². The molecule has 0 aromatic heterocycles. The molecule has 0 aromatic rings. The second-order valence-electron chi connectivity index (χ2n) is 7.08. The van der Waals surface area contributed by atoms with Crippen LogP contribution in [0.15, 0.2) is 0 Å². The molecular formula is C16H29N3O2. The van der Waals surface area contributed by atoms with Crippen LogP contribution in [0, 0.1) is 5.92 Å². The quantitative estimate of drug-likeness (QED) is 0.763. The van der Waals surface area contributed by atoms with Crippen LogP contribution in [0.4, 0.5) is 0 Å². The van der Waals surface area contributed by atoms with Crippen LogP contribution < -0.4 is 0 Å². The largest absolute Gasteiger partial charge is 0.364 e. The Morgan fingerprint density at radius 2 is 2.00 bits per heavy atom. The van der Waals surface area contributed by atoms with E-state index in [0.717, 1.165) is 58.5 Å². The van der Waals surface area contributed by atoms with Gasteiger partial charge in [-0.15, -0.1) is 0 Å². The molecule has 0 spiro atoms. The number of likely N-dealkylation sites (N-methyl/N-ethyl adjacent to an activating group) is 1. The van der Waals surface area contributed by atoms with Gasteiger partial charge in [0.15, 0.2) is 0 Å². The summed E-state index contributed by atoms with van der Waals surface area (Å²) in [5, 5.41) is 0. The van der Waals surface area contributed by atoms with Crippen molar-refractivity contribution in [3.63, 3.8) is 0 Å². The minimum Gasteiger partial charge on any atom is -0.364 e. The van der Waals surface area contributed by atoms with Crippen LogP contribution in [0.25, 0.3) is 0 Å². The third-order valence-corrected chi connectivity index (χ3v) is 5.19. The Kier molecular flexibility index (Phi) is 4.82. The highest BCUT2D eigenvalue weighted by Crippen LogP contribution is 2.34. The van der Waals surface area contributed by atoms with E-state index in [0.29, 0.717) is 5.92 Å². The van der Waals surface area contributed by atoms with Crippen molar-refractivity contribution >= 4 is 5.91 Å². The summed E-state index contributed by atoms with van der Waals surface area (Å²) in [7, 11) is 4.23. The first kappa shape index (κ1) is 15.3. The summed E-state index contributed by atoms with van der Waals surface area (Å²) in [5.74, 6) is 0.846. The number of ether oxygens (including phenoxy) is 1. The van der Waals surface area contributed by atoms with E-state index in [1.807, 2.05) is 4.90 Å². The van der Waals surface area contributed by atoms with Crippen molar-refractivity contribution in [1.29, 1.82) is 0 Å². The summed E-state index contributed by atoms with van der Waals surface area (Å²) in [6, 6.07) is 0. The summed E-state index contributed by atoms with van der Waals surface area (Å²) < 4.78 is 6.13. The van der Waals surface area contributed by atoms with Crippen LogP contribution in [-0.2, 0) is 9.53 Å². The molecule has 0 aromatic carbocycles. The minimum absolute atomic E-state index is 0.160. The lowest BCUT2D eigenvalue weighted by atomic mass is 9.91. The molecule has 3 saturated heterocycles. The standard InChI is InChI=1S/C16H29N3O2/c1-17(2)9-10-18-8-5-13-11-14(21-15(13)12-18)16(20)19-6-3-4-7-19/h13-15H,3-12H2,1-2H3/t13-,14+,15+/m1/s1. The minimum atomic E-state index is -0.160. The van der Waals surface area contributed by atoms with E-state index in [1.54, 1.807) is 0 Å². The molecule has 0 N–H and O–H groups in total. The van der Waals surface area contributed by atoms with Crippen LogP contribution >= 0.6 is 0 Å². The second kappa shape index (κ2) is 6.63. The zero-order valence-corrected chi connectivity index (χ0v) is 13.5. The van der Waals surface area contributed by atoms with Crippen LogP contribution in [0.1, 0.15) is 25.7 Å². The molecule has 0 radical (unpaired) electrons. The lowest BCUT2D eigenvalue weighted by Crippen LogP contribution is -2.44. The molecule has 5 heteroatoms. The monoisotopic (exact) mass is 295 g/mol. The number of amides is 1. The van der Waals surface area contributed by atoms with E-state index in [2.05, 4.69) is 23.9 Å². The average molecular weight is 295 g/mol. The molecule has 1 amide bonds. The van der Waals surface area contributed by atoms with E-state index >= 15 is 0 Å². The summed E-state index contributed by atoms with van der Waals surface area (Å²) in [6.45, 7) is 6.22. The number of carbonyl (C=O) groups excluding carboxylic acids is 1. The topological polar surface area (TPSA) is 36.0 Å². The van der Waals surface area contributed by atoms with E-state index in [9.17, 15) is 4.79 Å². The van der Waals surface area contributed by atoms with Gasteiger partial charge in [0, 0.05) is 32.7 Å². The molecule has 3 heterocycles. The molecule has 120 valence electrons. The highest BCUT2D eigenvalue weighted by molar-refractivity contribution is 5.81. The lowest BCUT2D eigenvalue weighted by molar-refractivity contribution is -0.142. The molecule has 3 atom stereocenters. The Labute approximate surface area is 128 Å². The maximum Gasteiger partial charge on any atom is 0.251 e. The molecule has 5 nitrogen and oxygen atoms in total. The van der Waals surface area contributed by atoms with Gasteiger partial charge in [-0.3, -0.25) is 9.69 Å². The fraction of sp³-hybridized carbons (Fsp3) is 0.938. The number of fused-ring (bicyclic) bond motifs is 1. The van der Waals surface area contributed by atoms with E-state index in [-0.39, 0.29) is 18.1 Å². The van der Waals surface area contributed by atoms with Gasteiger partial charge in [0.25, 0.3) is 5.91 Å². The zero-order chi connectivity index (χ0) is 14.8. The normalized spacial score (nSPS) is 33.7. The first-order chi connectivity index (χ1) is 10.1. The summed E-state index contributed by atoms with van der Waals surface area (Å²) in [5.41, 5.74) is 0. The van der Waals surface area contributed by atoms with Crippen LogP contribution in [0.2, 0.25) is 0 Å². The van der Waals surface area contributed by atoms with Gasteiger partial charge in [-0.1, -0.05) is 0 Å². The predicted molar refractivity (Wildman–Crippen MR) is 82.2 cm³/mol. The first-order valence-electron chi connectivity index (χ1n) is 8.45. The number of hydrogen-bond acceptors (Lipinski definition) is 4. The van der Waals surface area contributed by atoms with Gasteiger partial charge in [-0.2, -0.15) is 0 Å². The third-order valence-electron chi connectivity index (χ3n) is 5.19. The smallest absolute Gasteiger partial charge is 0.251 e. The van der Waals surface area contributed by atoms with Crippen molar-refractivity contribution in [1.82, 2.24) is 14.7 Å². The number of likely N-dealkylation sites (tertiary alicyclic amines) is 2. The van der Waals surface area contributed by atoms with Gasteiger partial charge in [0.05, 0.1) is 6.10 Å². The molecular weight excluding hydrogens is 266 g/mol. The van der Waals surface area contributed by atoms with Crippen molar-refractivity contribution in [3.05, 3.63) is 0 Å². The van der Waals surface area contributed by atoms with Crippen molar-refractivity contribution in [2.24, 2.45) is 5.92 Å². The molecule has 3 rings (SSSR count). The third kappa shape index (κ3) is 3.58. The van der Waals surface area contributed by atoms with Crippen LogP contribution in [-0.4, -0.2) is 86.2 Å². The Morgan fingerprint density at radius 1 is 1.24 bits per heavy atom. The first-order valence-corrected chi connectivity index (χ1v) is 8.45. The van der Waals surface area contributed by atoms with Crippen molar-refractivity contribution in [2.45, 2.75) is 37.9 Å². The molecule has 0 unspecified atom stereocenters. The van der Waals surface area contributed by atoms with Gasteiger partial charge >= 0.3 is 0 Å². The number of piperidine rings is 1. The van der Waals surface area contributed by atoms with Gasteiger partial charge in [0.1, 0.15) is 6.10 Å². The summed E-state index contributed by atoms with van der Waals surface area (Å²) in [6.07, 6.45) is 4.56. The number of hydrogen-bond donors (Lipinski definition) is 0. The summed E-state index contributed by atoms with van der Waals surface area (Å²) in [4.78, 5) is 19.2. The molecule has 0 bridgehead atoms. The molecule has 3 aliphatic heterocycles. The van der Waals surface area contributed by atoms with Gasteiger partial charge < -0.3 is 14.5 Å². The van der Waals surface area contributed by atoms with E-state index < -0.39 is 0 Å². The second-order valence-corrected chi connectivity index (χ2v) is 7.08. The van der Waals surface area contributed by atoms with Gasteiger partial charge in [-0.25, -0.2) is 0 Å². The highest BCUT2D eigenvalue weighted by atomic mass is 16.5. The Morgan fingerprint density at radius 3 is 2.71 bits per heavy atom. The summed E-state index contributed by atoms with van der Waals surface area (Å²) >= 11 is 0. The van der Waals surface area contributed by atoms with Crippen molar-refractivity contribution < 1.29 is 9.53 Å². The van der Waals surface area contributed by atoms with Gasteiger partial charge in [0.2, 0.25) is 0 Å². The van der Waals surface area contributed by atoms with Gasteiger partial charge in [-0.05, 0) is 52.2 Å². The van der Waals surface area contributed by atoms with Crippen LogP contribution in [0.5, 0.6) is 0 Å². The molecule has 0 saturated carbocycles. The predicted octanol–water partition coefficient (Wildman–Crippen LogP) is 0.650. The fourth-order valence-electron chi connectivity index (χ4n) is 3.84. The molecule has 21 heavy (non-hydrogen) atoms. The van der Waals surface area contributed by atoms with Crippen molar-refractivity contribution in [2.75, 3.05) is 53.4 Å². The van der Waals surface area contributed by atoms with E-state index in [4.69, 9.17) is 4.74 Å².